The molecule has 3 rings (SSSR count). The summed E-state index contributed by atoms with van der Waals surface area (Å²) in [4.78, 5) is 13.2. The van der Waals surface area contributed by atoms with Gasteiger partial charge >= 0.3 is 5.69 Å². The van der Waals surface area contributed by atoms with Crippen LogP contribution in [0.3, 0.4) is 0 Å². The van der Waals surface area contributed by atoms with Gasteiger partial charge < -0.3 is 15.0 Å². The maximum absolute atomic E-state index is 11.0. The molecule has 1 unspecified atom stereocenters. The maximum Gasteiger partial charge on any atom is 0.311 e. The predicted molar refractivity (Wildman–Crippen MR) is 84.1 cm³/mol. The lowest BCUT2D eigenvalue weighted by atomic mass is 10.1. The summed E-state index contributed by atoms with van der Waals surface area (Å²) in [7, 11) is 1.45. The summed E-state index contributed by atoms with van der Waals surface area (Å²) in [6.45, 7) is 4.05. The number of hydrogen-bond donors (Lipinski definition) is 1. The standard InChI is InChI=1S/C16H23N3O3/c1-22-16-5-2-12(8-15(16)19(20)21)9-17-10-13-6-7-18(11-13)14-3-4-14/h2,5,8,13-14,17H,3-4,6-7,9-11H2,1H3. The van der Waals surface area contributed by atoms with E-state index in [9.17, 15) is 10.1 Å². The zero-order valence-electron chi connectivity index (χ0n) is 13.0. The van der Waals surface area contributed by atoms with E-state index in [1.165, 1.54) is 39.5 Å². The fraction of sp³-hybridized carbons (Fsp3) is 0.625. The maximum atomic E-state index is 11.0. The highest BCUT2D eigenvalue weighted by molar-refractivity contribution is 5.48. The van der Waals surface area contributed by atoms with Crippen LogP contribution in [0.15, 0.2) is 18.2 Å². The average molecular weight is 305 g/mol. The molecule has 22 heavy (non-hydrogen) atoms. The van der Waals surface area contributed by atoms with Gasteiger partial charge in [0.1, 0.15) is 0 Å². The minimum absolute atomic E-state index is 0.0302. The van der Waals surface area contributed by atoms with Gasteiger partial charge in [-0.3, -0.25) is 10.1 Å². The molecule has 6 nitrogen and oxygen atoms in total. The minimum Gasteiger partial charge on any atom is -0.490 e. The molecular weight excluding hydrogens is 282 g/mol. The fourth-order valence-electron chi connectivity index (χ4n) is 3.21. The SMILES string of the molecule is COc1ccc(CNCC2CCN(C3CC3)C2)cc1[N+](=O)[O-]. The molecule has 2 aliphatic rings. The minimum atomic E-state index is -0.396. The quantitative estimate of drug-likeness (QED) is 0.618. The number of rotatable bonds is 7. The van der Waals surface area contributed by atoms with E-state index in [1.807, 2.05) is 6.07 Å². The fourth-order valence-corrected chi connectivity index (χ4v) is 3.21. The zero-order chi connectivity index (χ0) is 15.5. The molecule has 0 amide bonds. The second-order valence-electron chi connectivity index (χ2n) is 6.28. The summed E-state index contributed by atoms with van der Waals surface area (Å²) in [6, 6.07) is 6.00. The number of nitro benzene ring substituents is 1. The second kappa shape index (κ2) is 6.62. The van der Waals surface area contributed by atoms with Crippen LogP contribution in [0, 0.1) is 16.0 Å². The normalized spacial score (nSPS) is 22.0. The third-order valence-electron chi connectivity index (χ3n) is 4.58. The van der Waals surface area contributed by atoms with Gasteiger partial charge in [-0.15, -0.1) is 0 Å². The van der Waals surface area contributed by atoms with Crippen LogP contribution in [0.2, 0.25) is 0 Å². The van der Waals surface area contributed by atoms with E-state index in [2.05, 4.69) is 10.2 Å². The molecular formula is C16H23N3O3. The van der Waals surface area contributed by atoms with Crippen LogP contribution in [-0.2, 0) is 6.54 Å². The number of likely N-dealkylation sites (tertiary alicyclic amines) is 1. The van der Waals surface area contributed by atoms with E-state index in [-0.39, 0.29) is 5.69 Å². The molecule has 1 aromatic carbocycles. The van der Waals surface area contributed by atoms with Crippen molar-refractivity contribution in [3.8, 4) is 5.75 Å². The molecule has 2 fully saturated rings. The van der Waals surface area contributed by atoms with Crippen LogP contribution in [0.1, 0.15) is 24.8 Å². The zero-order valence-corrected chi connectivity index (χ0v) is 13.0. The van der Waals surface area contributed by atoms with Gasteiger partial charge in [0.2, 0.25) is 0 Å². The largest absolute Gasteiger partial charge is 0.490 e. The Labute approximate surface area is 130 Å². The topological polar surface area (TPSA) is 67.6 Å². The summed E-state index contributed by atoms with van der Waals surface area (Å²) < 4.78 is 5.02. The van der Waals surface area contributed by atoms with E-state index in [4.69, 9.17) is 4.74 Å². The van der Waals surface area contributed by atoms with Gasteiger partial charge in [0.25, 0.3) is 0 Å². The molecule has 1 heterocycles. The predicted octanol–water partition coefficient (Wildman–Crippen LogP) is 2.18. The highest BCUT2D eigenvalue weighted by Crippen LogP contribution is 2.31. The monoisotopic (exact) mass is 305 g/mol. The Morgan fingerprint density at radius 3 is 2.91 bits per heavy atom. The molecule has 0 bridgehead atoms. The lowest BCUT2D eigenvalue weighted by Crippen LogP contribution is -2.27. The van der Waals surface area contributed by atoms with E-state index in [1.54, 1.807) is 12.1 Å². The number of ether oxygens (including phenoxy) is 1. The molecule has 1 aromatic rings. The molecule has 1 saturated heterocycles. The molecule has 1 aliphatic heterocycles. The summed E-state index contributed by atoms with van der Waals surface area (Å²) in [5.74, 6) is 1.01. The molecule has 1 N–H and O–H groups in total. The third kappa shape index (κ3) is 3.56. The van der Waals surface area contributed by atoms with Gasteiger partial charge in [0, 0.05) is 25.2 Å². The van der Waals surface area contributed by atoms with E-state index in [0.717, 1.165) is 18.2 Å². The van der Waals surface area contributed by atoms with Crippen LogP contribution < -0.4 is 10.1 Å². The molecule has 6 heteroatoms. The molecule has 0 spiro atoms. The van der Waals surface area contributed by atoms with Crippen LogP contribution in [0.25, 0.3) is 0 Å². The van der Waals surface area contributed by atoms with Crippen LogP contribution in [-0.4, -0.2) is 42.6 Å². The van der Waals surface area contributed by atoms with Crippen molar-refractivity contribution in [3.05, 3.63) is 33.9 Å². The number of hydrogen-bond acceptors (Lipinski definition) is 5. The van der Waals surface area contributed by atoms with Crippen LogP contribution in [0.4, 0.5) is 5.69 Å². The van der Waals surface area contributed by atoms with Crippen molar-refractivity contribution >= 4 is 5.69 Å². The van der Waals surface area contributed by atoms with Crippen molar-refractivity contribution in [1.82, 2.24) is 10.2 Å². The molecule has 1 aliphatic carbocycles. The first kappa shape index (κ1) is 15.2. The first-order chi connectivity index (χ1) is 10.7. The molecule has 120 valence electrons. The summed E-state index contributed by atoms with van der Waals surface area (Å²) in [5.41, 5.74) is 0.951. The van der Waals surface area contributed by atoms with Gasteiger partial charge in [0.15, 0.2) is 5.75 Å². The van der Waals surface area contributed by atoms with Gasteiger partial charge in [-0.1, -0.05) is 6.07 Å². The second-order valence-corrected chi connectivity index (χ2v) is 6.28. The summed E-state index contributed by atoms with van der Waals surface area (Å²) in [6.07, 6.45) is 4.00. The van der Waals surface area contributed by atoms with Crippen molar-refractivity contribution in [2.45, 2.75) is 31.8 Å². The number of nitro groups is 1. The van der Waals surface area contributed by atoms with Crippen LogP contribution in [0.5, 0.6) is 5.75 Å². The summed E-state index contributed by atoms with van der Waals surface area (Å²) in [5, 5.41) is 14.5. The van der Waals surface area contributed by atoms with E-state index >= 15 is 0 Å². The Balaban J connectivity index is 1.49. The van der Waals surface area contributed by atoms with Gasteiger partial charge in [-0.05, 0) is 49.9 Å². The Morgan fingerprint density at radius 1 is 1.41 bits per heavy atom. The molecule has 1 atom stereocenters. The Kier molecular flexibility index (Phi) is 4.59. The van der Waals surface area contributed by atoms with Crippen molar-refractivity contribution in [2.75, 3.05) is 26.7 Å². The van der Waals surface area contributed by atoms with Gasteiger partial charge in [-0.2, -0.15) is 0 Å². The van der Waals surface area contributed by atoms with Crippen molar-refractivity contribution in [2.24, 2.45) is 5.92 Å². The van der Waals surface area contributed by atoms with E-state index in [0.29, 0.717) is 18.2 Å². The molecule has 1 saturated carbocycles. The van der Waals surface area contributed by atoms with Crippen molar-refractivity contribution in [3.63, 3.8) is 0 Å². The summed E-state index contributed by atoms with van der Waals surface area (Å²) >= 11 is 0. The Hall–Kier alpha value is -1.66. The number of methoxy groups -OCH3 is 1. The Morgan fingerprint density at radius 2 is 2.23 bits per heavy atom. The van der Waals surface area contributed by atoms with Crippen molar-refractivity contribution in [1.29, 1.82) is 0 Å². The smallest absolute Gasteiger partial charge is 0.311 e. The van der Waals surface area contributed by atoms with Gasteiger partial charge in [-0.25, -0.2) is 0 Å². The third-order valence-corrected chi connectivity index (χ3v) is 4.58. The number of benzene rings is 1. The first-order valence-corrected chi connectivity index (χ1v) is 7.93. The van der Waals surface area contributed by atoms with Crippen LogP contribution >= 0.6 is 0 Å². The number of nitrogens with one attached hydrogen (secondary N) is 1. The van der Waals surface area contributed by atoms with Crippen molar-refractivity contribution < 1.29 is 9.66 Å². The van der Waals surface area contributed by atoms with Gasteiger partial charge in [0.05, 0.1) is 12.0 Å². The highest BCUT2D eigenvalue weighted by Gasteiger charge is 2.33. The lowest BCUT2D eigenvalue weighted by molar-refractivity contribution is -0.385. The molecule has 0 aromatic heterocycles. The highest BCUT2D eigenvalue weighted by atomic mass is 16.6. The number of nitrogens with zero attached hydrogens (tertiary/aromatic N) is 2. The Bertz CT molecular complexity index is 545. The first-order valence-electron chi connectivity index (χ1n) is 7.93. The van der Waals surface area contributed by atoms with E-state index < -0.39 is 4.92 Å². The molecule has 0 radical (unpaired) electrons. The average Bonchev–Trinajstić information content (AvgIpc) is 3.27. The lowest BCUT2D eigenvalue weighted by Gasteiger charge is -2.15.